The van der Waals surface area contributed by atoms with Gasteiger partial charge in [0.05, 0.1) is 0 Å². The van der Waals surface area contributed by atoms with Crippen molar-refractivity contribution in [2.75, 3.05) is 0 Å². The number of hydrogen-bond acceptors (Lipinski definition) is 2. The van der Waals surface area contributed by atoms with E-state index in [1.54, 1.807) is 17.4 Å². The smallest absolute Gasteiger partial charge is 0.165 e. The van der Waals surface area contributed by atoms with Gasteiger partial charge in [-0.1, -0.05) is 22.0 Å². The third kappa shape index (κ3) is 2.83. The second-order valence-electron chi connectivity index (χ2n) is 3.32. The van der Waals surface area contributed by atoms with E-state index in [9.17, 15) is 4.39 Å². The Bertz CT molecular complexity index is 456. The first-order valence-corrected chi connectivity index (χ1v) is 6.84. The number of hydrogen-bond donors (Lipinski definition) is 0. The Morgan fingerprint density at radius 1 is 1.25 bits per heavy atom. The van der Waals surface area contributed by atoms with Gasteiger partial charge in [0.1, 0.15) is 6.61 Å². The molecule has 2 aromatic rings. The normalized spacial score (nSPS) is 10.4. The average Bonchev–Trinajstić information content (AvgIpc) is 2.80. The maximum absolute atomic E-state index is 13.5. The molecule has 0 radical (unpaired) electrons. The third-order valence-electron chi connectivity index (χ3n) is 2.13. The highest BCUT2D eigenvalue weighted by molar-refractivity contribution is 9.08. The summed E-state index contributed by atoms with van der Waals surface area (Å²) in [6.07, 6.45) is 0. The van der Waals surface area contributed by atoms with E-state index in [0.29, 0.717) is 17.7 Å². The Morgan fingerprint density at radius 3 is 2.75 bits per heavy atom. The van der Waals surface area contributed by atoms with Crippen LogP contribution in [0.5, 0.6) is 5.75 Å². The molecule has 1 aromatic carbocycles. The minimum Gasteiger partial charge on any atom is -0.486 e. The largest absolute Gasteiger partial charge is 0.486 e. The summed E-state index contributed by atoms with van der Waals surface area (Å²) in [5.74, 6) is -0.0110. The number of alkyl halides is 1. The molecule has 1 heterocycles. The van der Waals surface area contributed by atoms with Gasteiger partial charge in [0.25, 0.3) is 0 Å². The van der Waals surface area contributed by atoms with Gasteiger partial charge in [-0.25, -0.2) is 4.39 Å². The lowest BCUT2D eigenvalue weighted by Crippen LogP contribution is -1.96. The summed E-state index contributed by atoms with van der Waals surface area (Å²) in [6, 6.07) is 6.96. The van der Waals surface area contributed by atoms with Crippen molar-refractivity contribution in [3.63, 3.8) is 0 Å². The summed E-state index contributed by atoms with van der Waals surface area (Å²) in [4.78, 5) is 0. The maximum atomic E-state index is 13.5. The molecule has 0 amide bonds. The van der Waals surface area contributed by atoms with Gasteiger partial charge in [0, 0.05) is 5.33 Å². The van der Waals surface area contributed by atoms with Crippen LogP contribution in [0.15, 0.2) is 35.0 Å². The van der Waals surface area contributed by atoms with Crippen molar-refractivity contribution < 1.29 is 9.13 Å². The van der Waals surface area contributed by atoms with Crippen LogP contribution in [0.1, 0.15) is 11.1 Å². The van der Waals surface area contributed by atoms with Gasteiger partial charge >= 0.3 is 0 Å². The van der Waals surface area contributed by atoms with Crippen LogP contribution in [0.25, 0.3) is 0 Å². The molecule has 0 aliphatic heterocycles. The lowest BCUT2D eigenvalue weighted by Gasteiger charge is -2.06. The molecule has 0 atom stereocenters. The fourth-order valence-corrected chi connectivity index (χ4v) is 2.28. The van der Waals surface area contributed by atoms with Crippen molar-refractivity contribution in [3.05, 3.63) is 52.0 Å². The van der Waals surface area contributed by atoms with Crippen molar-refractivity contribution in [1.82, 2.24) is 0 Å². The van der Waals surface area contributed by atoms with Gasteiger partial charge in [0.2, 0.25) is 0 Å². The second kappa shape index (κ2) is 5.46. The molecule has 0 unspecified atom stereocenters. The van der Waals surface area contributed by atoms with Gasteiger partial charge in [-0.15, -0.1) is 0 Å². The molecule has 0 aliphatic rings. The number of halogens is 2. The van der Waals surface area contributed by atoms with E-state index in [2.05, 4.69) is 15.9 Å². The summed E-state index contributed by atoms with van der Waals surface area (Å²) in [5, 5.41) is 4.61. The first-order valence-electron chi connectivity index (χ1n) is 4.78. The highest BCUT2D eigenvalue weighted by atomic mass is 79.9. The van der Waals surface area contributed by atoms with Crippen LogP contribution in [-0.2, 0) is 11.9 Å². The number of ether oxygens (including phenoxy) is 1. The highest BCUT2D eigenvalue weighted by Gasteiger charge is 2.04. The SMILES string of the molecule is Fc1cc(CBr)ccc1OCc1ccsc1. The molecule has 0 saturated carbocycles. The van der Waals surface area contributed by atoms with E-state index in [0.717, 1.165) is 11.1 Å². The quantitative estimate of drug-likeness (QED) is 0.762. The molecule has 1 aromatic heterocycles. The number of benzene rings is 1. The predicted octanol–water partition coefficient (Wildman–Crippen LogP) is 4.36. The van der Waals surface area contributed by atoms with Gasteiger partial charge in [-0.3, -0.25) is 0 Å². The van der Waals surface area contributed by atoms with Crippen LogP contribution < -0.4 is 4.74 Å². The van der Waals surface area contributed by atoms with Crippen molar-refractivity contribution in [2.45, 2.75) is 11.9 Å². The predicted molar refractivity (Wildman–Crippen MR) is 67.7 cm³/mol. The second-order valence-corrected chi connectivity index (χ2v) is 4.66. The van der Waals surface area contributed by atoms with E-state index < -0.39 is 0 Å². The maximum Gasteiger partial charge on any atom is 0.165 e. The van der Waals surface area contributed by atoms with Gasteiger partial charge in [-0.05, 0) is 40.1 Å². The van der Waals surface area contributed by atoms with Crippen molar-refractivity contribution in [2.24, 2.45) is 0 Å². The molecule has 2 rings (SSSR count). The topological polar surface area (TPSA) is 9.23 Å². The highest BCUT2D eigenvalue weighted by Crippen LogP contribution is 2.21. The number of thiophene rings is 1. The Kier molecular flexibility index (Phi) is 3.96. The molecule has 4 heteroatoms. The zero-order valence-corrected chi connectivity index (χ0v) is 10.9. The van der Waals surface area contributed by atoms with Gasteiger partial charge < -0.3 is 4.74 Å². The van der Waals surface area contributed by atoms with Crippen LogP contribution >= 0.6 is 27.3 Å². The third-order valence-corrected chi connectivity index (χ3v) is 3.50. The number of rotatable bonds is 4. The first kappa shape index (κ1) is 11.6. The summed E-state index contributed by atoms with van der Waals surface area (Å²) in [7, 11) is 0. The molecular weight excluding hydrogens is 291 g/mol. The standard InChI is InChI=1S/C12H10BrFOS/c13-6-9-1-2-12(11(14)5-9)15-7-10-3-4-16-8-10/h1-5,8H,6-7H2. The minimum absolute atomic E-state index is 0.302. The molecule has 16 heavy (non-hydrogen) atoms. The van der Waals surface area contributed by atoms with E-state index in [-0.39, 0.29) is 5.82 Å². The first-order chi connectivity index (χ1) is 7.79. The van der Waals surface area contributed by atoms with Crippen LogP contribution in [-0.4, -0.2) is 0 Å². The molecule has 0 bridgehead atoms. The van der Waals surface area contributed by atoms with E-state index in [1.807, 2.05) is 22.9 Å². The van der Waals surface area contributed by atoms with Crippen LogP contribution in [0.4, 0.5) is 4.39 Å². The molecule has 84 valence electrons. The Labute approximate surface area is 106 Å². The molecule has 0 aliphatic carbocycles. The van der Waals surface area contributed by atoms with E-state index in [4.69, 9.17) is 4.74 Å². The Balaban J connectivity index is 2.04. The van der Waals surface area contributed by atoms with Crippen molar-refractivity contribution >= 4 is 27.3 Å². The van der Waals surface area contributed by atoms with Gasteiger partial charge in [0.15, 0.2) is 11.6 Å². The van der Waals surface area contributed by atoms with E-state index >= 15 is 0 Å². The molecule has 0 fully saturated rings. The minimum atomic E-state index is -0.313. The lowest BCUT2D eigenvalue weighted by molar-refractivity contribution is 0.290. The van der Waals surface area contributed by atoms with Crippen LogP contribution in [0.2, 0.25) is 0 Å². The zero-order valence-electron chi connectivity index (χ0n) is 8.45. The molecule has 1 nitrogen and oxygen atoms in total. The Morgan fingerprint density at radius 2 is 2.12 bits per heavy atom. The summed E-state index contributed by atoms with van der Waals surface area (Å²) < 4.78 is 18.9. The summed E-state index contributed by atoms with van der Waals surface area (Å²) in [6.45, 7) is 0.411. The van der Waals surface area contributed by atoms with Crippen molar-refractivity contribution in [1.29, 1.82) is 0 Å². The average molecular weight is 301 g/mol. The fourth-order valence-electron chi connectivity index (χ4n) is 1.28. The fraction of sp³-hybridized carbons (Fsp3) is 0.167. The zero-order chi connectivity index (χ0) is 11.4. The lowest BCUT2D eigenvalue weighted by atomic mass is 10.2. The Hall–Kier alpha value is -0.870. The van der Waals surface area contributed by atoms with Crippen LogP contribution in [0.3, 0.4) is 0 Å². The van der Waals surface area contributed by atoms with Crippen molar-refractivity contribution in [3.8, 4) is 5.75 Å². The molecule has 0 N–H and O–H groups in total. The summed E-state index contributed by atoms with van der Waals surface area (Å²) >= 11 is 4.89. The molecular formula is C12H10BrFOS. The molecule has 0 saturated heterocycles. The monoisotopic (exact) mass is 300 g/mol. The van der Waals surface area contributed by atoms with Crippen LogP contribution in [0, 0.1) is 5.82 Å². The van der Waals surface area contributed by atoms with E-state index in [1.165, 1.54) is 6.07 Å². The van der Waals surface area contributed by atoms with Gasteiger partial charge in [-0.2, -0.15) is 11.3 Å². The summed E-state index contributed by atoms with van der Waals surface area (Å²) in [5.41, 5.74) is 1.97. The molecule has 0 spiro atoms.